The number of cyclic esters (lactones) is 1. The van der Waals surface area contributed by atoms with Crippen molar-refractivity contribution in [3.05, 3.63) is 42.2 Å². The van der Waals surface area contributed by atoms with E-state index >= 15 is 0 Å². The van der Waals surface area contributed by atoms with E-state index in [0.717, 1.165) is 12.1 Å². The van der Waals surface area contributed by atoms with Crippen LogP contribution in [0, 0.1) is 5.82 Å². The Morgan fingerprint density at radius 3 is 2.92 bits per heavy atom. The highest BCUT2D eigenvalue weighted by atomic mass is 19.1. The number of anilines is 1. The molecule has 2 heterocycles. The number of nitrogens with one attached hydrogen (secondary N) is 1. The molecule has 2 aromatic rings. The lowest BCUT2D eigenvalue weighted by atomic mass is 10.2. The van der Waals surface area contributed by atoms with Gasteiger partial charge < -0.3 is 14.6 Å². The highest BCUT2D eigenvalue weighted by molar-refractivity contribution is 5.90. The van der Waals surface area contributed by atoms with E-state index < -0.39 is 11.9 Å². The van der Waals surface area contributed by atoms with Gasteiger partial charge in [-0.1, -0.05) is 6.92 Å². The fourth-order valence-electron chi connectivity index (χ4n) is 2.72. The smallest absolute Gasteiger partial charge is 0.414 e. The minimum Gasteiger partial charge on any atom is -0.447 e. The van der Waals surface area contributed by atoms with E-state index in [1.165, 1.54) is 17.9 Å². The molecule has 132 valence electrons. The van der Waals surface area contributed by atoms with Gasteiger partial charge in [-0.3, -0.25) is 9.69 Å². The number of ether oxygens (including phenoxy) is 1. The Morgan fingerprint density at radius 1 is 1.48 bits per heavy atom. The first-order valence-corrected chi connectivity index (χ1v) is 8.02. The number of aryl methyl sites for hydroxylation is 1. The summed E-state index contributed by atoms with van der Waals surface area (Å²) in [4.78, 5) is 28.6. The second kappa shape index (κ2) is 6.92. The number of aromatic nitrogens is 2. The summed E-state index contributed by atoms with van der Waals surface area (Å²) >= 11 is 0. The van der Waals surface area contributed by atoms with Crippen molar-refractivity contribution in [2.24, 2.45) is 0 Å². The molecule has 0 radical (unpaired) electrons. The third kappa shape index (κ3) is 3.47. The van der Waals surface area contributed by atoms with Crippen LogP contribution in [0.3, 0.4) is 0 Å². The molecule has 0 bridgehead atoms. The topological polar surface area (TPSA) is 76.5 Å². The maximum atomic E-state index is 14.6. The zero-order valence-electron chi connectivity index (χ0n) is 14.0. The fraction of sp³-hybridized carbons (Fsp3) is 0.353. The van der Waals surface area contributed by atoms with Gasteiger partial charge in [-0.25, -0.2) is 14.2 Å². The first-order valence-electron chi connectivity index (χ1n) is 8.02. The lowest BCUT2D eigenvalue weighted by Gasteiger charge is -2.22. The lowest BCUT2D eigenvalue weighted by molar-refractivity contribution is -0.119. The number of carbonyl (C=O) groups excluding carboxylic acids is 2. The fourth-order valence-corrected chi connectivity index (χ4v) is 2.72. The molecule has 1 atom stereocenters. The summed E-state index contributed by atoms with van der Waals surface area (Å²) in [5.41, 5.74) is 1.60. The van der Waals surface area contributed by atoms with Crippen LogP contribution < -0.4 is 10.2 Å². The summed E-state index contributed by atoms with van der Waals surface area (Å²) in [5, 5.41) is 2.65. The number of hydrogen-bond donors (Lipinski definition) is 1. The monoisotopic (exact) mass is 346 g/mol. The number of nitrogens with zero attached hydrogens (tertiary/aromatic N) is 3. The molecule has 1 aliphatic heterocycles. The molecule has 0 saturated carbocycles. The highest BCUT2D eigenvalue weighted by Gasteiger charge is 2.34. The molecule has 25 heavy (non-hydrogen) atoms. The first kappa shape index (κ1) is 16.9. The van der Waals surface area contributed by atoms with E-state index in [9.17, 15) is 14.0 Å². The molecule has 1 fully saturated rings. The molecular formula is C17H19FN4O3. The van der Waals surface area contributed by atoms with E-state index in [2.05, 4.69) is 10.3 Å². The van der Waals surface area contributed by atoms with E-state index in [-0.39, 0.29) is 25.1 Å². The van der Waals surface area contributed by atoms with Crippen molar-refractivity contribution >= 4 is 17.7 Å². The van der Waals surface area contributed by atoms with E-state index in [4.69, 9.17) is 4.74 Å². The molecule has 1 aromatic heterocycles. The normalized spacial score (nSPS) is 16.8. The zero-order valence-corrected chi connectivity index (χ0v) is 14.0. The summed E-state index contributed by atoms with van der Waals surface area (Å²) in [5.74, 6) is -0.678. The largest absolute Gasteiger partial charge is 0.447 e. The lowest BCUT2D eigenvalue weighted by Crippen LogP contribution is -2.42. The summed E-state index contributed by atoms with van der Waals surface area (Å²) < 4.78 is 21.2. The van der Waals surface area contributed by atoms with Crippen LogP contribution in [-0.4, -0.2) is 40.7 Å². The molecule has 7 nitrogen and oxygen atoms in total. The summed E-state index contributed by atoms with van der Waals surface area (Å²) in [7, 11) is 0. The maximum absolute atomic E-state index is 14.6. The third-order valence-corrected chi connectivity index (χ3v) is 4.03. The number of benzene rings is 1. The van der Waals surface area contributed by atoms with Gasteiger partial charge >= 0.3 is 6.09 Å². The molecule has 1 aliphatic rings. The number of hydrogen-bond acceptors (Lipinski definition) is 4. The molecule has 0 unspecified atom stereocenters. The van der Waals surface area contributed by atoms with Gasteiger partial charge in [0.25, 0.3) is 0 Å². The molecular weight excluding hydrogens is 327 g/mol. The molecule has 1 N–H and O–H groups in total. The third-order valence-electron chi connectivity index (χ3n) is 4.03. The Bertz CT molecular complexity index is 805. The number of imidazole rings is 1. The molecule has 1 aromatic carbocycles. The van der Waals surface area contributed by atoms with Crippen molar-refractivity contribution < 1.29 is 18.7 Å². The number of halogens is 1. The van der Waals surface area contributed by atoms with Crippen molar-refractivity contribution in [1.82, 2.24) is 14.9 Å². The standard InChI is InChI=1S/C17H19FN4O3/c1-3-12-8-21(10-20-12)16-5-4-13(6-15(16)18)22-14(7-19-11(2)23)9-25-17(22)24/h4-6,8,10,14H,3,7,9H2,1-2H3,(H,19,23)/t14-/m0/s1. The minimum atomic E-state index is -0.557. The molecule has 8 heteroatoms. The number of carbonyl (C=O) groups is 2. The molecule has 0 spiro atoms. The van der Waals surface area contributed by atoms with E-state index in [0.29, 0.717) is 11.4 Å². The number of rotatable bonds is 5. The average Bonchev–Trinajstić information content (AvgIpc) is 3.19. The average molecular weight is 346 g/mol. The van der Waals surface area contributed by atoms with Crippen LogP contribution in [0.5, 0.6) is 0 Å². The van der Waals surface area contributed by atoms with Crippen molar-refractivity contribution in [1.29, 1.82) is 0 Å². The van der Waals surface area contributed by atoms with Crippen molar-refractivity contribution in [2.45, 2.75) is 26.3 Å². The maximum Gasteiger partial charge on any atom is 0.414 e. The quantitative estimate of drug-likeness (QED) is 0.899. The van der Waals surface area contributed by atoms with Gasteiger partial charge in [-0.2, -0.15) is 0 Å². The SMILES string of the molecule is CCc1cn(-c2ccc(N3C(=O)OC[C@@H]3CNC(C)=O)cc2F)cn1. The van der Waals surface area contributed by atoms with Gasteiger partial charge in [0.15, 0.2) is 0 Å². The summed E-state index contributed by atoms with van der Waals surface area (Å²) in [6.07, 6.45) is 3.53. The van der Waals surface area contributed by atoms with Gasteiger partial charge in [0.2, 0.25) is 5.91 Å². The van der Waals surface area contributed by atoms with Gasteiger partial charge in [0.05, 0.1) is 29.4 Å². The highest BCUT2D eigenvalue weighted by Crippen LogP contribution is 2.26. The second-order valence-corrected chi connectivity index (χ2v) is 5.80. The Morgan fingerprint density at radius 2 is 2.28 bits per heavy atom. The summed E-state index contributed by atoms with van der Waals surface area (Å²) in [6.45, 7) is 3.75. The molecule has 2 amide bonds. The van der Waals surface area contributed by atoms with Gasteiger partial charge in [-0.05, 0) is 24.6 Å². The van der Waals surface area contributed by atoms with Crippen molar-refractivity contribution in [2.75, 3.05) is 18.1 Å². The first-order chi connectivity index (χ1) is 12.0. The van der Waals surface area contributed by atoms with Crippen LogP contribution in [-0.2, 0) is 16.0 Å². The number of amides is 2. The van der Waals surface area contributed by atoms with E-state index in [1.54, 1.807) is 29.2 Å². The van der Waals surface area contributed by atoms with Crippen molar-refractivity contribution in [3.63, 3.8) is 0 Å². The van der Waals surface area contributed by atoms with Gasteiger partial charge in [0.1, 0.15) is 12.4 Å². The zero-order chi connectivity index (χ0) is 18.0. The molecule has 1 saturated heterocycles. The Kier molecular flexibility index (Phi) is 4.69. The predicted molar refractivity (Wildman–Crippen MR) is 89.2 cm³/mol. The van der Waals surface area contributed by atoms with Crippen LogP contribution in [0.1, 0.15) is 19.5 Å². The summed E-state index contributed by atoms with van der Waals surface area (Å²) in [6, 6.07) is 4.15. The van der Waals surface area contributed by atoms with E-state index in [1.807, 2.05) is 6.92 Å². The Hall–Kier alpha value is -2.90. The van der Waals surface area contributed by atoms with Crippen LogP contribution in [0.25, 0.3) is 5.69 Å². The van der Waals surface area contributed by atoms with Crippen LogP contribution in [0.4, 0.5) is 14.9 Å². The van der Waals surface area contributed by atoms with Gasteiger partial charge in [0, 0.05) is 19.7 Å². The van der Waals surface area contributed by atoms with Crippen LogP contribution >= 0.6 is 0 Å². The second-order valence-electron chi connectivity index (χ2n) is 5.80. The van der Waals surface area contributed by atoms with Crippen LogP contribution in [0.15, 0.2) is 30.7 Å². The van der Waals surface area contributed by atoms with Gasteiger partial charge in [-0.15, -0.1) is 0 Å². The van der Waals surface area contributed by atoms with Crippen LogP contribution in [0.2, 0.25) is 0 Å². The Labute approximate surface area is 144 Å². The minimum absolute atomic E-state index is 0.143. The van der Waals surface area contributed by atoms with Crippen molar-refractivity contribution in [3.8, 4) is 5.69 Å². The molecule has 3 rings (SSSR count). The Balaban J connectivity index is 1.85. The molecule has 0 aliphatic carbocycles. The predicted octanol–water partition coefficient (Wildman–Crippen LogP) is 2.04.